The molecule has 1 saturated heterocycles. The van der Waals surface area contributed by atoms with E-state index in [-0.39, 0.29) is 36.4 Å². The van der Waals surface area contributed by atoms with Gasteiger partial charge in [0.1, 0.15) is 5.75 Å². The number of nitrogens with zero attached hydrogens (tertiary/aromatic N) is 1. The predicted molar refractivity (Wildman–Crippen MR) is 84.4 cm³/mol. The SMILES string of the molecule is CC(C)CN1C[C@@H](C(=O)NCc2ccc(OC(F)F)cc2)CC1=O. The lowest BCUT2D eigenvalue weighted by Gasteiger charge is -2.18. The topological polar surface area (TPSA) is 58.6 Å². The summed E-state index contributed by atoms with van der Waals surface area (Å²) in [5.41, 5.74) is 0.772. The first-order valence-corrected chi connectivity index (χ1v) is 7.94. The van der Waals surface area contributed by atoms with Gasteiger partial charge in [-0.1, -0.05) is 26.0 Å². The molecule has 1 fully saturated rings. The van der Waals surface area contributed by atoms with Crippen molar-refractivity contribution < 1.29 is 23.1 Å². The minimum Gasteiger partial charge on any atom is -0.435 e. The van der Waals surface area contributed by atoms with Crippen molar-refractivity contribution in [1.29, 1.82) is 0 Å². The lowest BCUT2D eigenvalue weighted by Crippen LogP contribution is -2.33. The second-order valence-electron chi connectivity index (χ2n) is 6.33. The molecule has 0 saturated carbocycles. The van der Waals surface area contributed by atoms with Crippen LogP contribution in [0.25, 0.3) is 0 Å². The summed E-state index contributed by atoms with van der Waals surface area (Å²) in [6.45, 7) is 2.59. The Kier molecular flexibility index (Phi) is 6.11. The van der Waals surface area contributed by atoms with Crippen LogP contribution < -0.4 is 10.1 Å². The molecule has 1 aliphatic heterocycles. The standard InChI is InChI=1S/C17H22F2N2O3/c1-11(2)9-21-10-13(7-15(21)22)16(23)20-8-12-3-5-14(6-4-12)24-17(18)19/h3-6,11,13,17H,7-10H2,1-2H3,(H,20,23)/t13-/m0/s1. The van der Waals surface area contributed by atoms with Gasteiger partial charge in [0.25, 0.3) is 0 Å². The van der Waals surface area contributed by atoms with E-state index >= 15 is 0 Å². The van der Waals surface area contributed by atoms with E-state index in [2.05, 4.69) is 10.1 Å². The van der Waals surface area contributed by atoms with E-state index in [0.29, 0.717) is 19.0 Å². The lowest BCUT2D eigenvalue weighted by atomic mass is 10.1. The minimum atomic E-state index is -2.86. The third kappa shape index (κ3) is 5.18. The largest absolute Gasteiger partial charge is 0.435 e. The van der Waals surface area contributed by atoms with Crippen LogP contribution in [0, 0.1) is 11.8 Å². The zero-order chi connectivity index (χ0) is 17.7. The highest BCUT2D eigenvalue weighted by atomic mass is 19.3. The number of alkyl halides is 2. The highest BCUT2D eigenvalue weighted by Gasteiger charge is 2.34. The summed E-state index contributed by atoms with van der Waals surface area (Å²) in [5.74, 6) is -0.0481. The summed E-state index contributed by atoms with van der Waals surface area (Å²) >= 11 is 0. The summed E-state index contributed by atoms with van der Waals surface area (Å²) in [6, 6.07) is 6.08. The molecule has 1 heterocycles. The first kappa shape index (κ1) is 18.2. The highest BCUT2D eigenvalue weighted by Crippen LogP contribution is 2.20. The lowest BCUT2D eigenvalue weighted by molar-refractivity contribution is -0.129. The normalized spacial score (nSPS) is 17.7. The molecule has 1 aromatic rings. The van der Waals surface area contributed by atoms with E-state index in [1.807, 2.05) is 13.8 Å². The van der Waals surface area contributed by atoms with Crippen LogP contribution in [0.3, 0.4) is 0 Å². The van der Waals surface area contributed by atoms with Crippen LogP contribution in [0.15, 0.2) is 24.3 Å². The third-order valence-electron chi connectivity index (χ3n) is 3.79. The van der Waals surface area contributed by atoms with Crippen LogP contribution in [0.1, 0.15) is 25.8 Å². The molecule has 1 N–H and O–H groups in total. The zero-order valence-corrected chi connectivity index (χ0v) is 13.8. The first-order valence-electron chi connectivity index (χ1n) is 7.94. The average Bonchev–Trinajstić information content (AvgIpc) is 2.86. The molecule has 5 nitrogen and oxygen atoms in total. The van der Waals surface area contributed by atoms with Gasteiger partial charge in [-0.05, 0) is 23.6 Å². The summed E-state index contributed by atoms with van der Waals surface area (Å²) < 4.78 is 28.4. The van der Waals surface area contributed by atoms with Gasteiger partial charge in [0.05, 0.1) is 5.92 Å². The number of carbonyl (C=O) groups is 2. The molecular formula is C17H22F2N2O3. The van der Waals surface area contributed by atoms with Crippen molar-refractivity contribution in [2.75, 3.05) is 13.1 Å². The van der Waals surface area contributed by atoms with Gasteiger partial charge < -0.3 is 15.0 Å². The number of carbonyl (C=O) groups excluding carboxylic acids is 2. The van der Waals surface area contributed by atoms with E-state index in [1.165, 1.54) is 12.1 Å². The number of likely N-dealkylation sites (tertiary alicyclic amines) is 1. The molecule has 1 aromatic carbocycles. The molecule has 7 heteroatoms. The maximum absolute atomic E-state index is 12.2. The maximum atomic E-state index is 12.2. The van der Waals surface area contributed by atoms with Crippen molar-refractivity contribution in [1.82, 2.24) is 10.2 Å². The van der Waals surface area contributed by atoms with Crippen LogP contribution in [0.4, 0.5) is 8.78 Å². The molecule has 0 aromatic heterocycles. The van der Waals surface area contributed by atoms with Gasteiger partial charge in [-0.2, -0.15) is 8.78 Å². The monoisotopic (exact) mass is 340 g/mol. The van der Waals surface area contributed by atoms with Crippen LogP contribution >= 0.6 is 0 Å². The average molecular weight is 340 g/mol. The van der Waals surface area contributed by atoms with Gasteiger partial charge in [-0.3, -0.25) is 9.59 Å². The summed E-state index contributed by atoms with van der Waals surface area (Å²) in [6.07, 6.45) is 0.236. The molecule has 2 amide bonds. The Morgan fingerprint density at radius 3 is 2.58 bits per heavy atom. The minimum absolute atomic E-state index is 0.0114. The molecule has 2 rings (SSSR count). The smallest absolute Gasteiger partial charge is 0.387 e. The fourth-order valence-corrected chi connectivity index (χ4v) is 2.69. The van der Waals surface area contributed by atoms with Crippen molar-refractivity contribution >= 4 is 11.8 Å². The highest BCUT2D eigenvalue weighted by molar-refractivity contribution is 5.89. The van der Waals surface area contributed by atoms with Gasteiger partial charge >= 0.3 is 6.61 Å². The number of rotatable bonds is 7. The Balaban J connectivity index is 1.82. The molecule has 1 aliphatic rings. The number of hydrogen-bond acceptors (Lipinski definition) is 3. The van der Waals surface area contributed by atoms with Crippen molar-refractivity contribution in [2.45, 2.75) is 33.4 Å². The van der Waals surface area contributed by atoms with Gasteiger partial charge in [-0.15, -0.1) is 0 Å². The maximum Gasteiger partial charge on any atom is 0.387 e. The Hall–Kier alpha value is -2.18. The van der Waals surface area contributed by atoms with Gasteiger partial charge in [-0.25, -0.2) is 0 Å². The number of hydrogen-bond donors (Lipinski definition) is 1. The number of benzene rings is 1. The predicted octanol–water partition coefficient (Wildman–Crippen LogP) is 2.41. The quantitative estimate of drug-likeness (QED) is 0.829. The number of nitrogens with one attached hydrogen (secondary N) is 1. The Bertz CT molecular complexity index is 576. The second-order valence-corrected chi connectivity index (χ2v) is 6.33. The molecule has 24 heavy (non-hydrogen) atoms. The first-order chi connectivity index (χ1) is 11.3. The number of halogens is 2. The molecular weight excluding hydrogens is 318 g/mol. The molecule has 1 atom stereocenters. The summed E-state index contributed by atoms with van der Waals surface area (Å²) in [7, 11) is 0. The van der Waals surface area contributed by atoms with E-state index in [1.54, 1.807) is 17.0 Å². The Morgan fingerprint density at radius 1 is 1.33 bits per heavy atom. The fourth-order valence-electron chi connectivity index (χ4n) is 2.69. The van der Waals surface area contributed by atoms with Gasteiger partial charge in [0.2, 0.25) is 11.8 Å². The molecule has 0 radical (unpaired) electrons. The second kappa shape index (κ2) is 8.08. The third-order valence-corrected chi connectivity index (χ3v) is 3.79. The Morgan fingerprint density at radius 2 is 2.00 bits per heavy atom. The summed E-state index contributed by atoms with van der Waals surface area (Å²) in [5, 5.41) is 2.79. The van der Waals surface area contributed by atoms with E-state index < -0.39 is 6.61 Å². The van der Waals surface area contributed by atoms with Crippen molar-refractivity contribution in [3.63, 3.8) is 0 Å². The van der Waals surface area contributed by atoms with Gasteiger partial charge in [0.15, 0.2) is 0 Å². The number of amides is 2. The van der Waals surface area contributed by atoms with Gasteiger partial charge in [0, 0.05) is 26.1 Å². The fraction of sp³-hybridized carbons (Fsp3) is 0.529. The van der Waals surface area contributed by atoms with Crippen LogP contribution in [0.2, 0.25) is 0 Å². The van der Waals surface area contributed by atoms with Crippen LogP contribution in [-0.2, 0) is 16.1 Å². The molecule has 0 spiro atoms. The molecule has 132 valence electrons. The van der Waals surface area contributed by atoms with Crippen molar-refractivity contribution in [3.8, 4) is 5.75 Å². The molecule has 0 unspecified atom stereocenters. The zero-order valence-electron chi connectivity index (χ0n) is 13.8. The van der Waals surface area contributed by atoms with E-state index in [9.17, 15) is 18.4 Å². The molecule has 0 aliphatic carbocycles. The van der Waals surface area contributed by atoms with Crippen molar-refractivity contribution in [2.24, 2.45) is 11.8 Å². The summed E-state index contributed by atoms with van der Waals surface area (Å²) in [4.78, 5) is 25.8. The van der Waals surface area contributed by atoms with Crippen LogP contribution in [0.5, 0.6) is 5.75 Å². The number of ether oxygens (including phenoxy) is 1. The van der Waals surface area contributed by atoms with E-state index in [0.717, 1.165) is 5.56 Å². The van der Waals surface area contributed by atoms with Crippen LogP contribution in [-0.4, -0.2) is 36.4 Å². The Labute approximate surface area is 140 Å². The van der Waals surface area contributed by atoms with Crippen molar-refractivity contribution in [3.05, 3.63) is 29.8 Å². The molecule has 0 bridgehead atoms. The van der Waals surface area contributed by atoms with E-state index in [4.69, 9.17) is 0 Å².